The van der Waals surface area contributed by atoms with Crippen LogP contribution in [0.3, 0.4) is 0 Å². The van der Waals surface area contributed by atoms with Crippen LogP contribution in [0.4, 0.5) is 0 Å². The van der Waals surface area contributed by atoms with Crippen LogP contribution in [0.15, 0.2) is 79.1 Å². The molecule has 0 spiro atoms. The molecule has 0 saturated carbocycles. The lowest BCUT2D eigenvalue weighted by Crippen LogP contribution is -2.46. The number of H-pyrrole nitrogens is 2. The minimum absolute atomic E-state index is 0.349. The topological polar surface area (TPSA) is 93.1 Å². The second-order valence-corrected chi connectivity index (χ2v) is 8.81. The number of carbonyl (C=O) groups excluding carboxylic acids is 1. The number of hydrogen-bond acceptors (Lipinski definition) is 3. The van der Waals surface area contributed by atoms with E-state index in [4.69, 9.17) is 15.2 Å². The molecule has 4 N–H and O–H groups in total. The van der Waals surface area contributed by atoms with Crippen LogP contribution in [0, 0.1) is 0 Å². The van der Waals surface area contributed by atoms with Gasteiger partial charge in [-0.2, -0.15) is 0 Å². The van der Waals surface area contributed by atoms with E-state index in [0.29, 0.717) is 17.9 Å². The molecule has 2 aromatic heterocycles. The molecule has 35 heavy (non-hydrogen) atoms. The van der Waals surface area contributed by atoms with E-state index in [2.05, 4.69) is 34.2 Å². The first-order valence-corrected chi connectivity index (χ1v) is 11.7. The molecule has 2 heterocycles. The number of fused-ring (bicyclic) bond motifs is 2. The van der Waals surface area contributed by atoms with Crippen molar-refractivity contribution in [2.24, 2.45) is 5.73 Å². The van der Waals surface area contributed by atoms with Crippen molar-refractivity contribution in [2.45, 2.75) is 24.7 Å². The molecule has 2 atom stereocenters. The number of para-hydroxylation sites is 1. The van der Waals surface area contributed by atoms with Crippen molar-refractivity contribution < 1.29 is 14.3 Å². The van der Waals surface area contributed by atoms with Crippen LogP contribution in [0.1, 0.15) is 36.0 Å². The highest BCUT2D eigenvalue weighted by molar-refractivity contribution is 5.93. The summed E-state index contributed by atoms with van der Waals surface area (Å²) in [4.78, 5) is 20.3. The standard InChI is InChI=1S/C29H29N3O3/c1-4-29(28(30)33,20-10-12-25(34-2)26(16-20)35-3)27(19-9-11-23-18(15-19)13-14-31-23)22-17-32-24-8-6-5-7-21(22)24/h5-17,27,31-32H,4H2,1-3H3,(H2,30,33). The van der Waals surface area contributed by atoms with Gasteiger partial charge in [0.25, 0.3) is 0 Å². The fourth-order valence-corrected chi connectivity index (χ4v) is 5.46. The molecule has 5 rings (SSSR count). The van der Waals surface area contributed by atoms with Gasteiger partial charge >= 0.3 is 0 Å². The number of aromatic nitrogens is 2. The number of hydrogen-bond donors (Lipinski definition) is 3. The highest BCUT2D eigenvalue weighted by Crippen LogP contribution is 2.49. The molecular formula is C29H29N3O3. The SMILES string of the molecule is CCC(C(N)=O)(c1ccc(OC)c(OC)c1)C(c1ccc2[nH]ccc2c1)c1c[nH]c2ccccc12. The molecule has 2 unspecified atom stereocenters. The summed E-state index contributed by atoms with van der Waals surface area (Å²) in [6.45, 7) is 2.01. The lowest BCUT2D eigenvalue weighted by atomic mass is 9.62. The summed E-state index contributed by atoms with van der Waals surface area (Å²) in [5.41, 5.74) is 10.2. The number of amides is 1. The Labute approximate surface area is 204 Å². The van der Waals surface area contributed by atoms with Gasteiger partial charge in [-0.1, -0.05) is 37.3 Å². The number of benzene rings is 3. The van der Waals surface area contributed by atoms with Crippen LogP contribution in [-0.4, -0.2) is 30.1 Å². The molecule has 0 radical (unpaired) electrons. The van der Waals surface area contributed by atoms with Crippen molar-refractivity contribution in [2.75, 3.05) is 14.2 Å². The summed E-state index contributed by atoms with van der Waals surface area (Å²) in [7, 11) is 3.19. The maximum Gasteiger partial charge on any atom is 0.229 e. The molecule has 0 saturated heterocycles. The molecule has 3 aromatic carbocycles. The Kier molecular flexibility index (Phi) is 5.73. The minimum Gasteiger partial charge on any atom is -0.493 e. The van der Waals surface area contributed by atoms with E-state index in [9.17, 15) is 4.79 Å². The van der Waals surface area contributed by atoms with Crippen molar-refractivity contribution in [3.8, 4) is 11.5 Å². The average Bonchev–Trinajstić information content (AvgIpc) is 3.53. The summed E-state index contributed by atoms with van der Waals surface area (Å²) in [6, 6.07) is 22.1. The number of nitrogens with one attached hydrogen (secondary N) is 2. The highest BCUT2D eigenvalue weighted by atomic mass is 16.5. The van der Waals surface area contributed by atoms with Crippen molar-refractivity contribution in [3.05, 3.63) is 95.8 Å². The first-order valence-electron chi connectivity index (χ1n) is 11.7. The number of methoxy groups -OCH3 is 2. The van der Waals surface area contributed by atoms with Crippen LogP contribution in [0.25, 0.3) is 21.8 Å². The number of carbonyl (C=O) groups is 1. The van der Waals surface area contributed by atoms with Crippen LogP contribution < -0.4 is 15.2 Å². The van der Waals surface area contributed by atoms with E-state index in [1.165, 1.54) is 0 Å². The molecular weight excluding hydrogens is 438 g/mol. The smallest absolute Gasteiger partial charge is 0.229 e. The fraction of sp³-hybridized carbons (Fsp3) is 0.207. The van der Waals surface area contributed by atoms with Crippen molar-refractivity contribution in [1.82, 2.24) is 9.97 Å². The predicted octanol–water partition coefficient (Wildman–Crippen LogP) is 5.63. The summed E-state index contributed by atoms with van der Waals surface area (Å²) in [6.07, 6.45) is 4.42. The van der Waals surface area contributed by atoms with Gasteiger partial charge in [0.2, 0.25) is 5.91 Å². The Morgan fingerprint density at radius 3 is 2.49 bits per heavy atom. The van der Waals surface area contributed by atoms with Crippen LogP contribution in [0.5, 0.6) is 11.5 Å². The Bertz CT molecular complexity index is 1520. The first kappa shape index (κ1) is 22.6. The van der Waals surface area contributed by atoms with Crippen molar-refractivity contribution in [1.29, 1.82) is 0 Å². The van der Waals surface area contributed by atoms with E-state index >= 15 is 0 Å². The third-order valence-electron chi connectivity index (χ3n) is 7.23. The minimum atomic E-state index is -1.05. The van der Waals surface area contributed by atoms with Gasteiger partial charge in [-0.25, -0.2) is 0 Å². The van der Waals surface area contributed by atoms with Gasteiger partial charge in [0.15, 0.2) is 11.5 Å². The Balaban J connectivity index is 1.84. The Morgan fingerprint density at radius 1 is 0.943 bits per heavy atom. The molecule has 0 aliphatic carbocycles. The van der Waals surface area contributed by atoms with Gasteiger partial charge in [0, 0.05) is 34.7 Å². The molecule has 0 bridgehead atoms. The normalized spacial score (nSPS) is 14.0. The third-order valence-corrected chi connectivity index (χ3v) is 7.23. The highest BCUT2D eigenvalue weighted by Gasteiger charge is 2.47. The third kappa shape index (κ3) is 3.53. The van der Waals surface area contributed by atoms with E-state index in [1.807, 2.05) is 61.8 Å². The van der Waals surface area contributed by atoms with Gasteiger partial charge in [-0.3, -0.25) is 4.79 Å². The number of nitrogens with two attached hydrogens (primary N) is 1. The predicted molar refractivity (Wildman–Crippen MR) is 139 cm³/mol. The number of rotatable bonds is 8. The average molecular weight is 468 g/mol. The van der Waals surface area contributed by atoms with Crippen LogP contribution >= 0.6 is 0 Å². The number of primary amides is 1. The summed E-state index contributed by atoms with van der Waals surface area (Å²) < 4.78 is 11.1. The zero-order chi connectivity index (χ0) is 24.6. The second-order valence-electron chi connectivity index (χ2n) is 8.81. The number of ether oxygens (including phenoxy) is 2. The summed E-state index contributed by atoms with van der Waals surface area (Å²) in [5, 5.41) is 2.14. The van der Waals surface area contributed by atoms with Gasteiger partial charge in [0.05, 0.1) is 19.6 Å². The molecule has 0 fully saturated rings. The zero-order valence-electron chi connectivity index (χ0n) is 20.1. The van der Waals surface area contributed by atoms with Gasteiger partial charge < -0.3 is 25.2 Å². The van der Waals surface area contributed by atoms with Crippen LogP contribution in [-0.2, 0) is 10.2 Å². The summed E-state index contributed by atoms with van der Waals surface area (Å²) >= 11 is 0. The van der Waals surface area contributed by atoms with Crippen molar-refractivity contribution >= 4 is 27.7 Å². The quantitative estimate of drug-likeness (QED) is 0.276. The van der Waals surface area contributed by atoms with Gasteiger partial charge in [-0.15, -0.1) is 0 Å². The maximum absolute atomic E-state index is 13.6. The first-order chi connectivity index (χ1) is 17.0. The van der Waals surface area contributed by atoms with Gasteiger partial charge in [0.1, 0.15) is 0 Å². The molecule has 6 nitrogen and oxygen atoms in total. The molecule has 178 valence electrons. The van der Waals surface area contributed by atoms with E-state index in [0.717, 1.165) is 38.5 Å². The largest absolute Gasteiger partial charge is 0.493 e. The monoisotopic (exact) mass is 467 g/mol. The molecule has 1 amide bonds. The summed E-state index contributed by atoms with van der Waals surface area (Å²) in [5.74, 6) is 0.418. The second kappa shape index (κ2) is 8.87. The lowest BCUT2D eigenvalue weighted by Gasteiger charge is -2.39. The Morgan fingerprint density at radius 2 is 1.74 bits per heavy atom. The zero-order valence-corrected chi connectivity index (χ0v) is 20.1. The molecule has 0 aliphatic heterocycles. The Hall–Kier alpha value is -4.19. The molecule has 0 aliphatic rings. The lowest BCUT2D eigenvalue weighted by molar-refractivity contribution is -0.124. The van der Waals surface area contributed by atoms with E-state index < -0.39 is 11.3 Å². The number of aromatic amines is 2. The van der Waals surface area contributed by atoms with Crippen LogP contribution in [0.2, 0.25) is 0 Å². The van der Waals surface area contributed by atoms with E-state index in [1.54, 1.807) is 14.2 Å². The maximum atomic E-state index is 13.6. The van der Waals surface area contributed by atoms with Gasteiger partial charge in [-0.05, 0) is 64.9 Å². The van der Waals surface area contributed by atoms with Crippen molar-refractivity contribution in [3.63, 3.8) is 0 Å². The van der Waals surface area contributed by atoms with E-state index in [-0.39, 0.29) is 5.92 Å². The fourth-order valence-electron chi connectivity index (χ4n) is 5.46. The molecule has 5 aromatic rings. The molecule has 6 heteroatoms.